The van der Waals surface area contributed by atoms with Crippen molar-refractivity contribution < 1.29 is 23.9 Å². The van der Waals surface area contributed by atoms with E-state index >= 15 is 0 Å². The molecular weight excluding hydrogens is 722 g/mol. The standard InChI is InChI=1S/C36H43N15O5/c1-6-50-25(14-19(3)46-50)33(54)44-36-43-24-16-22(31(39)53)18-41-32(24)49(36)12-9-8-11-48-28-23(15-21(30(38)52)17-26(28)56-13-10-40-5)42-35(48)45-34(55)29-27(37)20(4)47-51(29)7-2/h8-9,14-18,40H,6-7,10-13,37H2,1-5H3,(H2,38,52)(H2,39,53)(H,42,45,55)(H,43,44,54)/b9-8+. The molecule has 0 aliphatic rings. The van der Waals surface area contributed by atoms with Crippen LogP contribution < -0.4 is 37.9 Å². The average Bonchev–Trinajstić information content (AvgIpc) is 3.90. The molecule has 0 saturated heterocycles. The molecule has 56 heavy (non-hydrogen) atoms. The number of hydrogen-bond acceptors (Lipinski definition) is 12. The molecule has 20 heteroatoms. The number of nitrogens with two attached hydrogens (primary N) is 3. The summed E-state index contributed by atoms with van der Waals surface area (Å²) in [5.74, 6) is -1.69. The molecular formula is C36H43N15O5. The van der Waals surface area contributed by atoms with Crippen molar-refractivity contribution in [3.63, 3.8) is 0 Å². The number of benzene rings is 1. The minimum Gasteiger partial charge on any atom is -0.490 e. The lowest BCUT2D eigenvalue weighted by Gasteiger charge is -2.13. The molecule has 0 aliphatic heterocycles. The Labute approximate surface area is 320 Å². The van der Waals surface area contributed by atoms with Gasteiger partial charge in [0.25, 0.3) is 11.8 Å². The van der Waals surface area contributed by atoms with E-state index in [1.54, 1.807) is 40.8 Å². The van der Waals surface area contributed by atoms with E-state index in [2.05, 4.69) is 36.1 Å². The van der Waals surface area contributed by atoms with Crippen molar-refractivity contribution in [2.24, 2.45) is 11.5 Å². The van der Waals surface area contributed by atoms with Crippen molar-refractivity contribution in [2.75, 3.05) is 36.6 Å². The monoisotopic (exact) mass is 765 g/mol. The summed E-state index contributed by atoms with van der Waals surface area (Å²) in [4.78, 5) is 65.2. The molecule has 0 aliphatic carbocycles. The van der Waals surface area contributed by atoms with Gasteiger partial charge in [0, 0.05) is 44.5 Å². The van der Waals surface area contributed by atoms with E-state index < -0.39 is 23.6 Å². The number of fused-ring (bicyclic) bond motifs is 2. The highest BCUT2D eigenvalue weighted by atomic mass is 16.5. The zero-order chi connectivity index (χ0) is 40.3. The molecule has 0 radical (unpaired) electrons. The summed E-state index contributed by atoms with van der Waals surface area (Å²) in [6.45, 7) is 9.19. The third-order valence-electron chi connectivity index (χ3n) is 8.89. The number of carbonyl (C=O) groups is 4. The van der Waals surface area contributed by atoms with Gasteiger partial charge in [0.15, 0.2) is 5.65 Å². The van der Waals surface area contributed by atoms with Gasteiger partial charge in [0.1, 0.15) is 34.8 Å². The summed E-state index contributed by atoms with van der Waals surface area (Å²) < 4.78 is 12.6. The van der Waals surface area contributed by atoms with Crippen LogP contribution in [0.5, 0.6) is 5.75 Å². The number of carbonyl (C=O) groups excluding carboxylic acids is 4. The molecule has 4 amide bonds. The normalized spacial score (nSPS) is 11.5. The lowest BCUT2D eigenvalue weighted by Crippen LogP contribution is -2.21. The summed E-state index contributed by atoms with van der Waals surface area (Å²) in [6.07, 6.45) is 4.97. The maximum absolute atomic E-state index is 13.8. The van der Waals surface area contributed by atoms with Crippen LogP contribution in [-0.4, -0.2) is 87.5 Å². The number of imidazole rings is 2. The lowest BCUT2D eigenvalue weighted by molar-refractivity contribution is 0.0991. The number of pyridine rings is 1. The maximum Gasteiger partial charge on any atom is 0.278 e. The summed E-state index contributed by atoms with van der Waals surface area (Å²) >= 11 is 0. The average molecular weight is 766 g/mol. The van der Waals surface area contributed by atoms with Gasteiger partial charge in [0.2, 0.25) is 23.7 Å². The van der Waals surface area contributed by atoms with Crippen molar-refractivity contribution in [1.29, 1.82) is 0 Å². The van der Waals surface area contributed by atoms with Crippen molar-refractivity contribution in [3.8, 4) is 5.75 Å². The number of nitrogens with one attached hydrogen (secondary N) is 3. The Bertz CT molecular complexity index is 2520. The molecule has 6 rings (SSSR count). The van der Waals surface area contributed by atoms with Crippen molar-refractivity contribution in [1.82, 2.24) is 49.0 Å². The van der Waals surface area contributed by atoms with Gasteiger partial charge in [0.05, 0.1) is 28.2 Å². The molecule has 0 unspecified atom stereocenters. The Morgan fingerprint density at radius 1 is 0.821 bits per heavy atom. The number of amides is 4. The predicted octanol–water partition coefficient (Wildman–Crippen LogP) is 1.97. The Morgan fingerprint density at radius 3 is 2.14 bits per heavy atom. The van der Waals surface area contributed by atoms with E-state index in [0.29, 0.717) is 64.7 Å². The van der Waals surface area contributed by atoms with Gasteiger partial charge in [-0.1, -0.05) is 12.2 Å². The Hall–Kier alpha value is -7.09. The number of likely N-dealkylation sites (N-methyl/N-ethyl adjacent to an activating group) is 1. The zero-order valence-electron chi connectivity index (χ0n) is 31.6. The first-order valence-electron chi connectivity index (χ1n) is 17.8. The second kappa shape index (κ2) is 16.1. The number of nitrogen functional groups attached to an aromatic ring is 1. The number of allylic oxidation sites excluding steroid dienone is 2. The highest BCUT2D eigenvalue weighted by Gasteiger charge is 2.24. The van der Waals surface area contributed by atoms with Crippen LogP contribution in [0, 0.1) is 13.8 Å². The number of aryl methyl sites for hydroxylation is 4. The van der Waals surface area contributed by atoms with Crippen LogP contribution in [0.2, 0.25) is 0 Å². The van der Waals surface area contributed by atoms with Gasteiger partial charge >= 0.3 is 0 Å². The number of primary amides is 2. The van der Waals surface area contributed by atoms with E-state index in [1.165, 1.54) is 29.1 Å². The minimum absolute atomic E-state index is 0.139. The van der Waals surface area contributed by atoms with Crippen LogP contribution in [-0.2, 0) is 26.2 Å². The number of ether oxygens (including phenoxy) is 1. The quantitative estimate of drug-likeness (QED) is 0.0610. The SMILES string of the molecule is CCn1nc(C)cc1C(=O)Nc1nc2cc(C(N)=O)cnc2n1C/C=C/Cn1c(NC(=O)c2c(N)c(C)nn2CC)nc2cc(C(N)=O)cc(OCCNC)c21. The molecule has 0 atom stereocenters. The predicted molar refractivity (Wildman–Crippen MR) is 208 cm³/mol. The molecule has 6 aromatic rings. The summed E-state index contributed by atoms with van der Waals surface area (Å²) in [6, 6.07) is 6.24. The number of anilines is 3. The van der Waals surface area contributed by atoms with Crippen LogP contribution in [0.25, 0.3) is 22.2 Å². The van der Waals surface area contributed by atoms with E-state index in [9.17, 15) is 19.2 Å². The minimum atomic E-state index is -0.679. The third-order valence-corrected chi connectivity index (χ3v) is 8.89. The molecule has 9 N–H and O–H groups in total. The highest BCUT2D eigenvalue weighted by Crippen LogP contribution is 2.32. The molecule has 5 aromatic heterocycles. The Balaban J connectivity index is 1.39. The molecule has 0 spiro atoms. The first-order valence-corrected chi connectivity index (χ1v) is 17.8. The molecule has 292 valence electrons. The van der Waals surface area contributed by atoms with Crippen LogP contribution in [0.15, 0.2) is 42.6 Å². The third kappa shape index (κ3) is 7.62. The molecule has 0 bridgehead atoms. The van der Waals surface area contributed by atoms with Crippen molar-refractivity contribution in [2.45, 2.75) is 53.9 Å². The van der Waals surface area contributed by atoms with Gasteiger partial charge in [-0.15, -0.1) is 0 Å². The summed E-state index contributed by atoms with van der Waals surface area (Å²) in [5.41, 5.74) is 21.3. The summed E-state index contributed by atoms with van der Waals surface area (Å²) in [5, 5.41) is 17.5. The topological polar surface area (TPSA) is 276 Å². The van der Waals surface area contributed by atoms with Crippen LogP contribution in [0.1, 0.15) is 66.9 Å². The molecule has 5 heterocycles. The smallest absolute Gasteiger partial charge is 0.278 e. The number of rotatable bonds is 16. The maximum atomic E-state index is 13.8. The largest absolute Gasteiger partial charge is 0.490 e. The van der Waals surface area contributed by atoms with E-state index in [0.717, 1.165) is 0 Å². The van der Waals surface area contributed by atoms with E-state index in [4.69, 9.17) is 26.9 Å². The first-order chi connectivity index (χ1) is 26.8. The van der Waals surface area contributed by atoms with E-state index in [1.807, 2.05) is 26.0 Å². The summed E-state index contributed by atoms with van der Waals surface area (Å²) in [7, 11) is 1.78. The fraction of sp³-hybridized carbons (Fsp3) is 0.306. The zero-order valence-corrected chi connectivity index (χ0v) is 31.6. The van der Waals surface area contributed by atoms with Crippen LogP contribution in [0.3, 0.4) is 0 Å². The Kier molecular flexibility index (Phi) is 11.1. The van der Waals surface area contributed by atoms with Crippen LogP contribution in [0.4, 0.5) is 17.6 Å². The molecule has 20 nitrogen and oxygen atoms in total. The van der Waals surface area contributed by atoms with Gasteiger partial charge < -0.3 is 31.8 Å². The second-order valence-corrected chi connectivity index (χ2v) is 12.7. The number of aromatic nitrogens is 9. The van der Waals surface area contributed by atoms with Gasteiger partial charge in [-0.25, -0.2) is 15.0 Å². The lowest BCUT2D eigenvalue weighted by atomic mass is 10.1. The Morgan fingerprint density at radius 2 is 1.46 bits per heavy atom. The first kappa shape index (κ1) is 38.6. The number of hydrogen-bond donors (Lipinski definition) is 6. The highest BCUT2D eigenvalue weighted by molar-refractivity contribution is 6.07. The van der Waals surface area contributed by atoms with Crippen molar-refractivity contribution in [3.05, 3.63) is 76.5 Å². The number of nitrogens with zero attached hydrogens (tertiary/aromatic N) is 9. The van der Waals surface area contributed by atoms with Gasteiger partial charge in [-0.3, -0.25) is 43.7 Å². The molecule has 0 fully saturated rings. The van der Waals surface area contributed by atoms with Gasteiger partial charge in [-0.05, 0) is 59.0 Å². The van der Waals surface area contributed by atoms with Gasteiger partial charge in [-0.2, -0.15) is 10.2 Å². The fourth-order valence-electron chi connectivity index (χ4n) is 6.15. The van der Waals surface area contributed by atoms with Crippen LogP contribution >= 0.6 is 0 Å². The van der Waals surface area contributed by atoms with E-state index in [-0.39, 0.29) is 54.1 Å². The molecule has 1 aromatic carbocycles. The molecule has 0 saturated carbocycles. The second-order valence-electron chi connectivity index (χ2n) is 12.7. The van der Waals surface area contributed by atoms with Crippen molar-refractivity contribution >= 4 is 63.4 Å². The fourth-order valence-corrected chi connectivity index (χ4v) is 6.15.